The molecule has 47 heavy (non-hydrogen) atoms. The van der Waals surface area contributed by atoms with E-state index in [1.165, 1.54) is 11.8 Å². The standard InChI is InChI=1S/C34H59N5O8/c1-7-9-16-34(17-10-8-2)19-27(42)39(6)25(18-22(3)4)31(44)38-30(24-14-12-11-13-15-24)33(46)35-20-26(41)37-29(23(5)40)32(45)36-21-28(43)47-34/h22-25,29-30,40H,7-21H2,1-6H3,(H,35,46)(H,36,45)(H,37,41)(H,38,44)/t23-,25?,29?,30?/m0/s1. The molecule has 1 saturated carbocycles. The molecule has 2 rings (SSSR count). The van der Waals surface area contributed by atoms with Gasteiger partial charge in [0, 0.05) is 7.05 Å². The van der Waals surface area contributed by atoms with Crippen LogP contribution in [0.1, 0.15) is 118 Å². The van der Waals surface area contributed by atoms with Crippen LogP contribution in [-0.4, -0.2) is 95.5 Å². The minimum atomic E-state index is -1.40. The number of nitrogens with zero attached hydrogens (tertiary/aromatic N) is 1. The Kier molecular flexibility index (Phi) is 16.6. The normalized spacial score (nSPS) is 25.4. The average molecular weight is 666 g/mol. The molecule has 1 heterocycles. The smallest absolute Gasteiger partial charge is 0.325 e. The van der Waals surface area contributed by atoms with E-state index in [-0.39, 0.29) is 24.2 Å². The summed E-state index contributed by atoms with van der Waals surface area (Å²) in [6.07, 6.45) is 6.96. The number of aliphatic hydroxyl groups excluding tert-OH is 1. The highest BCUT2D eigenvalue weighted by atomic mass is 16.6. The molecule has 0 spiro atoms. The molecule has 0 radical (unpaired) electrons. The van der Waals surface area contributed by atoms with Gasteiger partial charge in [0.1, 0.15) is 30.3 Å². The second-order valence-electron chi connectivity index (χ2n) is 13.8. The van der Waals surface area contributed by atoms with Gasteiger partial charge in [-0.25, -0.2) is 0 Å². The zero-order valence-electron chi connectivity index (χ0n) is 29.3. The third-order valence-corrected chi connectivity index (χ3v) is 9.25. The summed E-state index contributed by atoms with van der Waals surface area (Å²) >= 11 is 0. The molecule has 1 aliphatic carbocycles. The van der Waals surface area contributed by atoms with E-state index in [1.54, 1.807) is 7.05 Å². The summed E-state index contributed by atoms with van der Waals surface area (Å²) in [5, 5.41) is 20.6. The molecule has 13 nitrogen and oxygen atoms in total. The molecule has 5 amide bonds. The zero-order chi connectivity index (χ0) is 35.1. The quantitative estimate of drug-likeness (QED) is 0.220. The molecule has 13 heteroatoms. The number of hydrogen-bond acceptors (Lipinski definition) is 8. The van der Waals surface area contributed by atoms with Crippen LogP contribution in [0, 0.1) is 11.8 Å². The molecule has 0 aromatic heterocycles. The molecular formula is C34H59N5O8. The van der Waals surface area contributed by atoms with E-state index >= 15 is 0 Å². The molecule has 0 aromatic rings. The van der Waals surface area contributed by atoms with E-state index in [0.717, 1.165) is 44.9 Å². The third-order valence-electron chi connectivity index (χ3n) is 9.25. The maximum Gasteiger partial charge on any atom is 0.325 e. The Morgan fingerprint density at radius 3 is 2.00 bits per heavy atom. The van der Waals surface area contributed by atoms with Crippen molar-refractivity contribution in [3.63, 3.8) is 0 Å². The second-order valence-corrected chi connectivity index (χ2v) is 13.8. The van der Waals surface area contributed by atoms with Crippen molar-refractivity contribution in [3.05, 3.63) is 0 Å². The van der Waals surface area contributed by atoms with E-state index in [9.17, 15) is 33.9 Å². The molecule has 4 atom stereocenters. The number of nitrogens with one attached hydrogen (secondary N) is 4. The average Bonchev–Trinajstić information content (AvgIpc) is 3.03. The number of carbonyl (C=O) groups is 6. The van der Waals surface area contributed by atoms with Crippen LogP contribution in [0.3, 0.4) is 0 Å². The summed E-state index contributed by atoms with van der Waals surface area (Å²) in [6, 6.07) is -3.22. The Labute approximate surface area is 280 Å². The van der Waals surface area contributed by atoms with Crippen molar-refractivity contribution >= 4 is 35.5 Å². The summed E-state index contributed by atoms with van der Waals surface area (Å²) in [5.74, 6) is -3.76. The van der Waals surface area contributed by atoms with Crippen LogP contribution >= 0.6 is 0 Å². The SMILES string of the molecule is CCCCC1(CCCC)CC(=O)N(C)C(CC(C)C)C(=O)NC(C2CCCCC2)C(=O)NCC(=O)NC([C@H](C)O)C(=O)NCC(=O)O1. The number of cyclic esters (lactones) is 1. The molecule has 1 aliphatic heterocycles. The van der Waals surface area contributed by atoms with Gasteiger partial charge in [-0.2, -0.15) is 0 Å². The van der Waals surface area contributed by atoms with Gasteiger partial charge >= 0.3 is 5.97 Å². The van der Waals surface area contributed by atoms with Gasteiger partial charge in [-0.3, -0.25) is 28.8 Å². The van der Waals surface area contributed by atoms with Crippen molar-refractivity contribution in [2.24, 2.45) is 11.8 Å². The van der Waals surface area contributed by atoms with Gasteiger partial charge in [-0.05, 0) is 63.7 Å². The molecule has 3 unspecified atom stereocenters. The van der Waals surface area contributed by atoms with Gasteiger partial charge < -0.3 is 36.0 Å². The van der Waals surface area contributed by atoms with Crippen molar-refractivity contribution < 1.29 is 38.6 Å². The first kappa shape index (κ1) is 40.0. The summed E-state index contributed by atoms with van der Waals surface area (Å²) in [6.45, 7) is 8.18. The van der Waals surface area contributed by atoms with E-state index in [2.05, 4.69) is 21.3 Å². The zero-order valence-corrected chi connectivity index (χ0v) is 29.3. The third kappa shape index (κ3) is 12.7. The van der Waals surface area contributed by atoms with E-state index in [1.807, 2.05) is 27.7 Å². The number of unbranched alkanes of at least 4 members (excludes halogenated alkanes) is 2. The molecule has 5 N–H and O–H groups in total. The topological polar surface area (TPSA) is 183 Å². The Morgan fingerprint density at radius 1 is 0.851 bits per heavy atom. The summed E-state index contributed by atoms with van der Waals surface area (Å²) < 4.78 is 6.04. The summed E-state index contributed by atoms with van der Waals surface area (Å²) in [7, 11) is 1.57. The van der Waals surface area contributed by atoms with E-state index in [0.29, 0.717) is 32.1 Å². The maximum absolute atomic E-state index is 14.0. The predicted octanol–water partition coefficient (Wildman–Crippen LogP) is 2.09. The lowest BCUT2D eigenvalue weighted by atomic mass is 9.83. The number of rotatable bonds is 10. The Balaban J connectivity index is 2.56. The Bertz CT molecular complexity index is 1070. The second kappa shape index (κ2) is 19.6. The Hall–Kier alpha value is -3.22. The van der Waals surface area contributed by atoms with Crippen LogP contribution in [0.15, 0.2) is 0 Å². The molecule has 2 fully saturated rings. The number of esters is 1. The van der Waals surface area contributed by atoms with Gasteiger partial charge in [0.25, 0.3) is 0 Å². The lowest BCUT2D eigenvalue weighted by Crippen LogP contribution is -2.58. The number of likely N-dealkylation sites (N-methyl/N-ethyl adjacent to an activating group) is 1. The van der Waals surface area contributed by atoms with E-state index < -0.39 is 72.5 Å². The monoisotopic (exact) mass is 665 g/mol. The Morgan fingerprint density at radius 2 is 1.45 bits per heavy atom. The van der Waals surface area contributed by atoms with Gasteiger partial charge in [0.15, 0.2) is 0 Å². The van der Waals surface area contributed by atoms with Crippen LogP contribution in [0.5, 0.6) is 0 Å². The molecule has 0 bridgehead atoms. The lowest BCUT2D eigenvalue weighted by molar-refractivity contribution is -0.166. The molecule has 2 aliphatic rings. The fourth-order valence-corrected chi connectivity index (χ4v) is 6.47. The van der Waals surface area contributed by atoms with Gasteiger partial charge in [-0.15, -0.1) is 0 Å². The largest absolute Gasteiger partial charge is 0.457 e. The van der Waals surface area contributed by atoms with Crippen LogP contribution in [-0.2, 0) is 33.5 Å². The van der Waals surface area contributed by atoms with E-state index in [4.69, 9.17) is 4.74 Å². The van der Waals surface area contributed by atoms with Crippen molar-refractivity contribution in [2.75, 3.05) is 20.1 Å². The first-order chi connectivity index (χ1) is 22.2. The van der Waals surface area contributed by atoms with Crippen molar-refractivity contribution in [3.8, 4) is 0 Å². The van der Waals surface area contributed by atoms with Crippen LogP contribution < -0.4 is 21.3 Å². The van der Waals surface area contributed by atoms with Crippen LogP contribution in [0.2, 0.25) is 0 Å². The van der Waals surface area contributed by atoms with Crippen molar-refractivity contribution in [2.45, 2.75) is 148 Å². The fraction of sp³-hybridized carbons (Fsp3) is 0.824. The minimum absolute atomic E-state index is 0.0431. The first-order valence-corrected chi connectivity index (χ1v) is 17.5. The highest BCUT2D eigenvalue weighted by molar-refractivity contribution is 5.95. The lowest BCUT2D eigenvalue weighted by Gasteiger charge is -2.37. The highest BCUT2D eigenvalue weighted by Gasteiger charge is 2.40. The number of carbonyl (C=O) groups excluding carboxylic acids is 6. The fourth-order valence-electron chi connectivity index (χ4n) is 6.47. The van der Waals surface area contributed by atoms with Gasteiger partial charge in [0.2, 0.25) is 29.5 Å². The number of hydrogen-bond donors (Lipinski definition) is 5. The molecule has 1 saturated heterocycles. The van der Waals surface area contributed by atoms with Crippen molar-refractivity contribution in [1.82, 2.24) is 26.2 Å². The van der Waals surface area contributed by atoms with Crippen molar-refractivity contribution in [1.29, 1.82) is 0 Å². The summed E-state index contributed by atoms with van der Waals surface area (Å²) in [5.41, 5.74) is -1.16. The van der Waals surface area contributed by atoms with Gasteiger partial charge in [0.05, 0.1) is 19.1 Å². The van der Waals surface area contributed by atoms with Crippen LogP contribution in [0.25, 0.3) is 0 Å². The first-order valence-electron chi connectivity index (χ1n) is 17.5. The maximum atomic E-state index is 14.0. The van der Waals surface area contributed by atoms with Gasteiger partial charge in [-0.1, -0.05) is 59.8 Å². The minimum Gasteiger partial charge on any atom is -0.457 e. The number of aliphatic hydroxyl groups is 1. The van der Waals surface area contributed by atoms with Crippen LogP contribution in [0.4, 0.5) is 0 Å². The highest BCUT2D eigenvalue weighted by Crippen LogP contribution is 2.32. The molecule has 0 aromatic carbocycles. The predicted molar refractivity (Wildman–Crippen MR) is 177 cm³/mol. The number of amides is 5. The summed E-state index contributed by atoms with van der Waals surface area (Å²) in [4.78, 5) is 82.0. The molecular weight excluding hydrogens is 606 g/mol. The number of ether oxygens (including phenoxy) is 1. The molecule has 268 valence electrons.